The lowest BCUT2D eigenvalue weighted by molar-refractivity contribution is 0.219. The second kappa shape index (κ2) is 6.89. The molecule has 0 bridgehead atoms. The average molecular weight is 319 g/mol. The van der Waals surface area contributed by atoms with Crippen LogP contribution in [-0.2, 0) is 0 Å². The van der Waals surface area contributed by atoms with E-state index in [1.807, 2.05) is 0 Å². The predicted molar refractivity (Wildman–Crippen MR) is 93.7 cm³/mol. The lowest BCUT2D eigenvalue weighted by Gasteiger charge is -2.33. The highest BCUT2D eigenvalue weighted by Crippen LogP contribution is 2.29. The normalized spacial score (nSPS) is 18.0. The van der Waals surface area contributed by atoms with E-state index >= 15 is 0 Å². The van der Waals surface area contributed by atoms with E-state index in [-0.39, 0.29) is 0 Å². The minimum atomic E-state index is 0.401. The second-order valence-electron chi connectivity index (χ2n) is 6.36. The molecule has 0 spiro atoms. The van der Waals surface area contributed by atoms with Crippen molar-refractivity contribution in [2.24, 2.45) is 5.92 Å². The van der Waals surface area contributed by atoms with Gasteiger partial charge in [-0.3, -0.25) is 4.90 Å². The predicted octanol–water partition coefficient (Wildman–Crippen LogP) is 2.34. The summed E-state index contributed by atoms with van der Waals surface area (Å²) in [6.45, 7) is 12.2. The molecular formula is C16H25N5S. The number of rotatable bonds is 5. The van der Waals surface area contributed by atoms with E-state index in [4.69, 9.17) is 0 Å². The van der Waals surface area contributed by atoms with Crippen LogP contribution in [0.4, 0.5) is 5.82 Å². The molecule has 1 atom stereocenters. The Morgan fingerprint density at radius 3 is 2.82 bits per heavy atom. The van der Waals surface area contributed by atoms with E-state index in [1.165, 1.54) is 10.3 Å². The van der Waals surface area contributed by atoms with Crippen molar-refractivity contribution in [3.8, 4) is 0 Å². The largest absolute Gasteiger partial charge is 0.364 e. The van der Waals surface area contributed by atoms with Crippen LogP contribution >= 0.6 is 11.3 Å². The van der Waals surface area contributed by atoms with Gasteiger partial charge in [0.15, 0.2) is 0 Å². The second-order valence-corrected chi connectivity index (χ2v) is 7.24. The highest BCUT2D eigenvalue weighted by atomic mass is 32.1. The Labute approximate surface area is 136 Å². The molecule has 1 aliphatic heterocycles. The number of aryl methyl sites for hydroxylation is 1. The first-order chi connectivity index (χ1) is 10.6. The topological polar surface area (TPSA) is 53.1 Å². The fourth-order valence-electron chi connectivity index (χ4n) is 2.84. The third-order valence-electron chi connectivity index (χ3n) is 4.32. The third kappa shape index (κ3) is 3.39. The fourth-order valence-corrected chi connectivity index (χ4v) is 3.80. The van der Waals surface area contributed by atoms with E-state index in [0.717, 1.165) is 44.1 Å². The quantitative estimate of drug-likeness (QED) is 0.886. The Balaban J connectivity index is 1.77. The molecule has 0 aromatic carbocycles. The molecule has 2 aromatic rings. The summed E-state index contributed by atoms with van der Waals surface area (Å²) in [5, 5.41) is 9.25. The first kappa shape index (κ1) is 15.6. The molecule has 2 aromatic heterocycles. The molecule has 1 fully saturated rings. The molecule has 0 radical (unpaired) electrons. The number of aromatic nitrogens is 2. The molecule has 0 aliphatic carbocycles. The van der Waals surface area contributed by atoms with Crippen molar-refractivity contribution in [3.63, 3.8) is 0 Å². The molecule has 3 heterocycles. The van der Waals surface area contributed by atoms with Gasteiger partial charge in [-0.05, 0) is 23.8 Å². The van der Waals surface area contributed by atoms with Crippen LogP contribution in [0.25, 0.3) is 10.2 Å². The summed E-state index contributed by atoms with van der Waals surface area (Å²) in [5.41, 5.74) is 2.31. The number of nitrogens with one attached hydrogen (secondary N) is 2. The monoisotopic (exact) mass is 319 g/mol. The summed E-state index contributed by atoms with van der Waals surface area (Å²) < 4.78 is 1.17. The van der Waals surface area contributed by atoms with Gasteiger partial charge in [-0.1, -0.05) is 13.8 Å². The minimum absolute atomic E-state index is 0.401. The summed E-state index contributed by atoms with van der Waals surface area (Å²) in [7, 11) is 0. The van der Waals surface area contributed by atoms with E-state index in [0.29, 0.717) is 12.0 Å². The lowest BCUT2D eigenvalue weighted by atomic mass is 10.0. The number of hydrogen-bond acceptors (Lipinski definition) is 6. The molecule has 0 saturated carbocycles. The third-order valence-corrected chi connectivity index (χ3v) is 5.42. The molecule has 1 aliphatic rings. The first-order valence-corrected chi connectivity index (χ1v) is 8.91. The molecule has 22 heavy (non-hydrogen) atoms. The van der Waals surface area contributed by atoms with E-state index in [2.05, 4.69) is 51.7 Å². The van der Waals surface area contributed by atoms with Gasteiger partial charge in [-0.25, -0.2) is 9.97 Å². The van der Waals surface area contributed by atoms with Crippen LogP contribution in [0.5, 0.6) is 0 Å². The summed E-state index contributed by atoms with van der Waals surface area (Å²) in [5.74, 6) is 1.54. The van der Waals surface area contributed by atoms with Crippen molar-refractivity contribution in [2.75, 3.05) is 38.0 Å². The van der Waals surface area contributed by atoms with Crippen molar-refractivity contribution in [3.05, 3.63) is 17.3 Å². The van der Waals surface area contributed by atoms with E-state index < -0.39 is 0 Å². The van der Waals surface area contributed by atoms with Crippen LogP contribution in [0.2, 0.25) is 0 Å². The average Bonchev–Trinajstić information content (AvgIpc) is 2.90. The summed E-state index contributed by atoms with van der Waals surface area (Å²) in [4.78, 5) is 11.4. The number of anilines is 1. The van der Waals surface area contributed by atoms with Crippen LogP contribution in [0.1, 0.15) is 19.4 Å². The van der Waals surface area contributed by atoms with Crippen molar-refractivity contribution in [1.82, 2.24) is 20.2 Å². The van der Waals surface area contributed by atoms with Gasteiger partial charge in [0.25, 0.3) is 0 Å². The molecule has 1 unspecified atom stereocenters. The van der Waals surface area contributed by atoms with E-state index in [9.17, 15) is 0 Å². The first-order valence-electron chi connectivity index (χ1n) is 8.03. The van der Waals surface area contributed by atoms with Crippen molar-refractivity contribution >= 4 is 27.4 Å². The zero-order valence-corrected chi connectivity index (χ0v) is 14.4. The van der Waals surface area contributed by atoms with Crippen LogP contribution in [0, 0.1) is 12.8 Å². The van der Waals surface area contributed by atoms with Gasteiger partial charge >= 0.3 is 0 Å². The SMILES string of the molecule is Cc1csc2c(NC(CN3CCNCC3)C(C)C)ncnc12. The maximum absolute atomic E-state index is 4.49. The van der Waals surface area contributed by atoms with Gasteiger partial charge < -0.3 is 10.6 Å². The highest BCUT2D eigenvalue weighted by molar-refractivity contribution is 7.18. The van der Waals surface area contributed by atoms with Crippen LogP contribution < -0.4 is 10.6 Å². The van der Waals surface area contributed by atoms with Gasteiger partial charge in [0.1, 0.15) is 12.1 Å². The van der Waals surface area contributed by atoms with Crippen molar-refractivity contribution < 1.29 is 0 Å². The smallest absolute Gasteiger partial charge is 0.147 e. The number of nitrogens with zero attached hydrogens (tertiary/aromatic N) is 3. The Morgan fingerprint density at radius 1 is 1.32 bits per heavy atom. The Morgan fingerprint density at radius 2 is 2.09 bits per heavy atom. The molecule has 3 rings (SSSR count). The lowest BCUT2D eigenvalue weighted by Crippen LogP contribution is -2.48. The standard InChI is InChI=1S/C16H25N5S/c1-11(2)13(8-21-6-4-17-5-7-21)20-16-15-14(18-10-19-16)12(3)9-22-15/h9-11,13,17H,4-8H2,1-3H3,(H,18,19,20). The molecule has 6 heteroatoms. The van der Waals surface area contributed by atoms with Crippen LogP contribution in [0.3, 0.4) is 0 Å². The summed E-state index contributed by atoms with van der Waals surface area (Å²) >= 11 is 1.73. The van der Waals surface area contributed by atoms with Gasteiger partial charge in [-0.15, -0.1) is 11.3 Å². The molecule has 0 amide bonds. The Bertz CT molecular complexity index is 618. The van der Waals surface area contributed by atoms with Gasteiger partial charge in [0.2, 0.25) is 0 Å². The molecule has 5 nitrogen and oxygen atoms in total. The molecule has 2 N–H and O–H groups in total. The van der Waals surface area contributed by atoms with Crippen molar-refractivity contribution in [1.29, 1.82) is 0 Å². The Hall–Kier alpha value is -1.24. The number of piperazine rings is 1. The maximum Gasteiger partial charge on any atom is 0.147 e. The number of thiophene rings is 1. The number of hydrogen-bond donors (Lipinski definition) is 2. The van der Waals surface area contributed by atoms with Crippen LogP contribution in [-0.4, -0.2) is 53.6 Å². The summed E-state index contributed by atoms with van der Waals surface area (Å²) in [6.07, 6.45) is 1.67. The van der Waals surface area contributed by atoms with Gasteiger partial charge in [0.05, 0.1) is 10.2 Å². The summed E-state index contributed by atoms with van der Waals surface area (Å²) in [6, 6.07) is 0.401. The van der Waals surface area contributed by atoms with Crippen LogP contribution in [0.15, 0.2) is 11.7 Å². The molecule has 1 saturated heterocycles. The van der Waals surface area contributed by atoms with E-state index in [1.54, 1.807) is 17.7 Å². The van der Waals surface area contributed by atoms with Gasteiger partial charge in [0, 0.05) is 38.8 Å². The molecule has 120 valence electrons. The highest BCUT2D eigenvalue weighted by Gasteiger charge is 2.20. The minimum Gasteiger partial charge on any atom is -0.364 e. The number of fused-ring (bicyclic) bond motifs is 1. The van der Waals surface area contributed by atoms with Gasteiger partial charge in [-0.2, -0.15) is 0 Å². The van der Waals surface area contributed by atoms with Crippen molar-refractivity contribution in [2.45, 2.75) is 26.8 Å². The Kier molecular flexibility index (Phi) is 4.90. The molecular weight excluding hydrogens is 294 g/mol. The zero-order chi connectivity index (χ0) is 15.5. The maximum atomic E-state index is 4.49. The zero-order valence-electron chi connectivity index (χ0n) is 13.6. The fraction of sp³-hybridized carbons (Fsp3) is 0.625.